The zero-order valence-corrected chi connectivity index (χ0v) is 11.5. The topological polar surface area (TPSA) is 123 Å². The Labute approximate surface area is 125 Å². The molecule has 1 fully saturated rings. The number of para-hydroxylation sites is 1. The molecule has 0 radical (unpaired) electrons. The number of hydrogen-bond acceptors (Lipinski definition) is 6. The third-order valence-electron chi connectivity index (χ3n) is 3.82. The first kappa shape index (κ1) is 15.1. The molecule has 1 aromatic carbocycles. The van der Waals surface area contributed by atoms with E-state index in [-0.39, 0.29) is 0 Å². The Balaban J connectivity index is 2.04. The minimum Gasteiger partial charge on any atom is -0.394 e. The number of amides is 2. The normalized spacial score (nSPS) is 34.6. The van der Waals surface area contributed by atoms with Gasteiger partial charge in [-0.2, -0.15) is 0 Å². The lowest BCUT2D eigenvalue weighted by Gasteiger charge is -2.29. The first-order valence-corrected chi connectivity index (χ1v) is 6.81. The van der Waals surface area contributed by atoms with Crippen LogP contribution in [-0.2, 0) is 4.74 Å². The van der Waals surface area contributed by atoms with Crippen molar-refractivity contribution in [3.05, 3.63) is 29.8 Å². The molecule has 2 unspecified atom stereocenters. The van der Waals surface area contributed by atoms with Crippen LogP contribution in [0.25, 0.3) is 0 Å². The number of aliphatic imine (C=N–C) groups is 1. The number of rotatable bonds is 2. The average molecular weight is 308 g/mol. The minimum atomic E-state index is -1.40. The number of carbonyl (C=O) groups excluding carboxylic acids is 1. The van der Waals surface area contributed by atoms with E-state index >= 15 is 0 Å². The lowest BCUT2D eigenvalue weighted by atomic mass is 10.1. The molecule has 0 saturated carbocycles. The molecular weight excluding hydrogens is 292 g/mol. The number of aliphatic hydroxyl groups is 4. The molecule has 118 valence electrons. The zero-order valence-electron chi connectivity index (χ0n) is 11.5. The van der Waals surface area contributed by atoms with Crippen molar-refractivity contribution in [1.82, 2.24) is 0 Å². The predicted molar refractivity (Wildman–Crippen MR) is 75.5 cm³/mol. The van der Waals surface area contributed by atoms with E-state index in [2.05, 4.69) is 4.99 Å². The van der Waals surface area contributed by atoms with Crippen molar-refractivity contribution in [3.63, 3.8) is 0 Å². The molecule has 0 aromatic heterocycles. The minimum absolute atomic E-state index is 0.326. The van der Waals surface area contributed by atoms with Gasteiger partial charge in [0.25, 0.3) is 0 Å². The summed E-state index contributed by atoms with van der Waals surface area (Å²) in [5.41, 5.74) is 0.752. The molecule has 8 nitrogen and oxygen atoms in total. The summed E-state index contributed by atoms with van der Waals surface area (Å²) in [5, 5.41) is 39.1. The molecule has 1 aromatic rings. The van der Waals surface area contributed by atoms with Crippen LogP contribution >= 0.6 is 0 Å². The zero-order chi connectivity index (χ0) is 15.9. The van der Waals surface area contributed by atoms with Crippen molar-refractivity contribution in [1.29, 1.82) is 0 Å². The molecule has 5 atom stereocenters. The number of ether oxygens (including phenoxy) is 1. The van der Waals surface area contributed by atoms with Gasteiger partial charge in [0.15, 0.2) is 6.23 Å². The van der Waals surface area contributed by atoms with E-state index in [1.54, 1.807) is 24.3 Å². The maximum absolute atomic E-state index is 12.2. The highest BCUT2D eigenvalue weighted by atomic mass is 16.6. The van der Waals surface area contributed by atoms with Gasteiger partial charge in [0.2, 0.25) is 0 Å². The molecular formula is C14H16N2O6. The fourth-order valence-electron chi connectivity index (χ4n) is 2.68. The van der Waals surface area contributed by atoms with Gasteiger partial charge in [0.1, 0.15) is 24.4 Å². The summed E-state index contributed by atoms with van der Waals surface area (Å²) in [6.45, 7) is -0.496. The monoisotopic (exact) mass is 308 g/mol. The van der Waals surface area contributed by atoms with Crippen molar-refractivity contribution in [3.8, 4) is 0 Å². The van der Waals surface area contributed by atoms with Crippen molar-refractivity contribution in [2.45, 2.75) is 30.6 Å². The molecule has 1 saturated heterocycles. The van der Waals surface area contributed by atoms with Crippen LogP contribution in [0.2, 0.25) is 0 Å². The van der Waals surface area contributed by atoms with Crippen LogP contribution in [0, 0.1) is 0 Å². The standard InChI is InChI=1S/C14H16N2O6/c17-6-10-11(19)12(20)13(22-10)16-8-4-2-1-3-7(8)9(18)5-15-14(16)21/h1-5,9-13,17-20H,6H2/t9?,10-,11-,12-,13?/m1/s1. The van der Waals surface area contributed by atoms with Gasteiger partial charge in [0.05, 0.1) is 12.3 Å². The molecule has 22 heavy (non-hydrogen) atoms. The van der Waals surface area contributed by atoms with E-state index in [0.717, 1.165) is 11.1 Å². The highest BCUT2D eigenvalue weighted by Gasteiger charge is 2.48. The van der Waals surface area contributed by atoms with Crippen molar-refractivity contribution in [2.24, 2.45) is 4.99 Å². The van der Waals surface area contributed by atoms with E-state index in [4.69, 9.17) is 9.84 Å². The summed E-state index contributed by atoms with van der Waals surface area (Å²) in [6.07, 6.45) is -4.91. The molecule has 0 aliphatic carbocycles. The Bertz CT molecular complexity index is 607. The van der Waals surface area contributed by atoms with Crippen LogP contribution in [0.4, 0.5) is 10.5 Å². The molecule has 0 spiro atoms. The molecule has 2 aliphatic heterocycles. The van der Waals surface area contributed by atoms with E-state index in [9.17, 15) is 20.1 Å². The summed E-state index contributed by atoms with van der Waals surface area (Å²) >= 11 is 0. The number of carbonyl (C=O) groups is 1. The van der Waals surface area contributed by atoms with Gasteiger partial charge >= 0.3 is 6.03 Å². The Morgan fingerprint density at radius 1 is 1.18 bits per heavy atom. The summed E-state index contributed by atoms with van der Waals surface area (Å²) in [6, 6.07) is 5.83. The molecule has 8 heteroatoms. The second-order valence-electron chi connectivity index (χ2n) is 5.16. The number of aliphatic hydroxyl groups excluding tert-OH is 4. The summed E-state index contributed by atoms with van der Waals surface area (Å²) in [4.78, 5) is 16.9. The maximum atomic E-state index is 12.2. The second kappa shape index (κ2) is 5.75. The molecule has 0 bridgehead atoms. The van der Waals surface area contributed by atoms with Gasteiger partial charge in [-0.3, -0.25) is 4.90 Å². The number of benzene rings is 1. The van der Waals surface area contributed by atoms with Crippen LogP contribution in [0.3, 0.4) is 0 Å². The summed E-state index contributed by atoms with van der Waals surface area (Å²) in [5.74, 6) is 0. The Kier molecular flexibility index (Phi) is 3.94. The molecule has 2 heterocycles. The van der Waals surface area contributed by atoms with Crippen molar-refractivity contribution < 1.29 is 30.0 Å². The van der Waals surface area contributed by atoms with Gasteiger partial charge in [0, 0.05) is 11.8 Å². The van der Waals surface area contributed by atoms with Crippen LogP contribution in [0.1, 0.15) is 11.7 Å². The van der Waals surface area contributed by atoms with Gasteiger partial charge in [-0.25, -0.2) is 9.79 Å². The lowest BCUT2D eigenvalue weighted by Crippen LogP contribution is -2.46. The van der Waals surface area contributed by atoms with Crippen LogP contribution < -0.4 is 4.90 Å². The largest absolute Gasteiger partial charge is 0.394 e. The first-order valence-electron chi connectivity index (χ1n) is 6.81. The van der Waals surface area contributed by atoms with Gasteiger partial charge < -0.3 is 25.2 Å². The SMILES string of the molecule is O=C1N=CC(O)c2ccccc2N1C1O[C@H](CO)[C@@H](O)[C@H]1O. The third kappa shape index (κ3) is 2.31. The highest BCUT2D eigenvalue weighted by molar-refractivity contribution is 6.01. The fourth-order valence-corrected chi connectivity index (χ4v) is 2.68. The predicted octanol–water partition coefficient (Wildman–Crippen LogP) is -0.830. The quantitative estimate of drug-likeness (QED) is 0.565. The Morgan fingerprint density at radius 2 is 1.91 bits per heavy atom. The second-order valence-corrected chi connectivity index (χ2v) is 5.16. The number of fused-ring (bicyclic) bond motifs is 1. The Hall–Kier alpha value is -1.84. The fraction of sp³-hybridized carbons (Fsp3) is 0.429. The highest BCUT2D eigenvalue weighted by Crippen LogP contribution is 2.34. The Morgan fingerprint density at radius 3 is 2.59 bits per heavy atom. The number of urea groups is 1. The molecule has 2 aliphatic rings. The van der Waals surface area contributed by atoms with Gasteiger partial charge in [-0.15, -0.1) is 0 Å². The molecule has 2 amide bonds. The molecule has 3 rings (SSSR count). The van der Waals surface area contributed by atoms with E-state index in [1.165, 1.54) is 0 Å². The van der Waals surface area contributed by atoms with Gasteiger partial charge in [-0.05, 0) is 6.07 Å². The first-order chi connectivity index (χ1) is 10.5. The van der Waals surface area contributed by atoms with Crippen molar-refractivity contribution in [2.75, 3.05) is 11.5 Å². The maximum Gasteiger partial charge on any atom is 0.349 e. The van der Waals surface area contributed by atoms with Crippen LogP contribution in [-0.4, -0.2) is 63.8 Å². The third-order valence-corrected chi connectivity index (χ3v) is 3.82. The molecule has 4 N–H and O–H groups in total. The van der Waals surface area contributed by atoms with Gasteiger partial charge in [-0.1, -0.05) is 18.2 Å². The van der Waals surface area contributed by atoms with Crippen molar-refractivity contribution >= 4 is 17.9 Å². The van der Waals surface area contributed by atoms with Crippen LogP contribution in [0.5, 0.6) is 0 Å². The lowest BCUT2D eigenvalue weighted by molar-refractivity contribution is -0.0202. The van der Waals surface area contributed by atoms with E-state index in [1.807, 2.05) is 0 Å². The summed E-state index contributed by atoms with van der Waals surface area (Å²) < 4.78 is 5.39. The summed E-state index contributed by atoms with van der Waals surface area (Å²) in [7, 11) is 0. The number of anilines is 1. The average Bonchev–Trinajstić information content (AvgIpc) is 2.74. The van der Waals surface area contributed by atoms with E-state index in [0.29, 0.717) is 11.3 Å². The van der Waals surface area contributed by atoms with Crippen LogP contribution in [0.15, 0.2) is 29.3 Å². The van der Waals surface area contributed by atoms with E-state index < -0.39 is 43.3 Å². The number of hydrogen-bond donors (Lipinski definition) is 4. The smallest absolute Gasteiger partial charge is 0.349 e. The number of nitrogens with zero attached hydrogens (tertiary/aromatic N) is 2.